The topological polar surface area (TPSA) is 60.3 Å². The molecule has 1 aromatic carbocycles. The van der Waals surface area contributed by atoms with Crippen LogP contribution in [0.4, 0.5) is 4.39 Å². The fourth-order valence-corrected chi connectivity index (χ4v) is 4.34. The predicted molar refractivity (Wildman–Crippen MR) is 104 cm³/mol. The molecule has 0 spiro atoms. The molecule has 28 heavy (non-hydrogen) atoms. The lowest BCUT2D eigenvalue weighted by molar-refractivity contribution is -0.132. The molecule has 4 rings (SSSR count). The van der Waals surface area contributed by atoms with Crippen LogP contribution < -0.4 is 0 Å². The van der Waals surface area contributed by atoms with E-state index in [0.717, 1.165) is 26.8 Å². The molecule has 0 atom stereocenters. The summed E-state index contributed by atoms with van der Waals surface area (Å²) < 4.78 is 20.5. The SMILES string of the molecule is COCc1cc(-c2ccc(F)c(C)c2)nn1CC(=O)N1Cc2nc(C)sc2C1. The smallest absolute Gasteiger partial charge is 0.244 e. The third-order valence-electron chi connectivity index (χ3n) is 4.81. The Hall–Kier alpha value is -2.58. The van der Waals surface area contributed by atoms with Gasteiger partial charge in [0.05, 0.1) is 41.8 Å². The van der Waals surface area contributed by atoms with Gasteiger partial charge in [-0.25, -0.2) is 9.37 Å². The molecule has 0 bridgehead atoms. The summed E-state index contributed by atoms with van der Waals surface area (Å²) >= 11 is 1.64. The van der Waals surface area contributed by atoms with Crippen molar-refractivity contribution in [1.82, 2.24) is 19.7 Å². The number of carbonyl (C=O) groups is 1. The Labute approximate surface area is 166 Å². The normalized spacial score (nSPS) is 13.2. The number of amides is 1. The molecule has 0 saturated carbocycles. The summed E-state index contributed by atoms with van der Waals surface area (Å²) in [5.41, 5.74) is 3.86. The van der Waals surface area contributed by atoms with E-state index in [2.05, 4.69) is 10.1 Å². The Morgan fingerprint density at radius 3 is 2.82 bits per heavy atom. The summed E-state index contributed by atoms with van der Waals surface area (Å²) in [7, 11) is 1.60. The highest BCUT2D eigenvalue weighted by Crippen LogP contribution is 2.28. The highest BCUT2D eigenvalue weighted by molar-refractivity contribution is 7.11. The quantitative estimate of drug-likeness (QED) is 0.658. The number of rotatable bonds is 5. The van der Waals surface area contributed by atoms with E-state index < -0.39 is 0 Å². The zero-order valence-corrected chi connectivity index (χ0v) is 16.8. The van der Waals surface area contributed by atoms with Crippen molar-refractivity contribution >= 4 is 17.2 Å². The standard InChI is InChI=1S/C20H21FN4O2S/c1-12-6-14(4-5-16(12)21)17-7-15(11-27-3)25(23-17)10-20(26)24-8-18-19(9-24)28-13(2)22-18/h4-7H,8-11H2,1-3H3. The molecule has 8 heteroatoms. The molecule has 146 valence electrons. The van der Waals surface area contributed by atoms with E-state index in [0.29, 0.717) is 31.0 Å². The number of thiazole rings is 1. The second-order valence-electron chi connectivity index (χ2n) is 6.93. The number of methoxy groups -OCH3 is 1. The molecule has 2 aromatic heterocycles. The number of fused-ring (bicyclic) bond motifs is 1. The van der Waals surface area contributed by atoms with Crippen molar-refractivity contribution in [3.8, 4) is 11.3 Å². The molecule has 0 fully saturated rings. The maximum Gasteiger partial charge on any atom is 0.244 e. The van der Waals surface area contributed by atoms with Crippen molar-refractivity contribution in [2.45, 2.75) is 40.1 Å². The molecule has 0 N–H and O–H groups in total. The van der Waals surface area contributed by atoms with E-state index in [1.807, 2.05) is 13.0 Å². The average molecular weight is 400 g/mol. The Balaban J connectivity index is 1.55. The Kier molecular flexibility index (Phi) is 4.99. The second kappa shape index (κ2) is 7.44. The van der Waals surface area contributed by atoms with Gasteiger partial charge in [-0.05, 0) is 43.7 Å². The number of carbonyl (C=O) groups excluding carboxylic acids is 1. The van der Waals surface area contributed by atoms with E-state index in [1.54, 1.807) is 47.1 Å². The number of nitrogens with zero attached hydrogens (tertiary/aromatic N) is 4. The highest BCUT2D eigenvalue weighted by atomic mass is 32.1. The Morgan fingerprint density at radius 2 is 2.11 bits per heavy atom. The summed E-state index contributed by atoms with van der Waals surface area (Å²) in [6, 6.07) is 6.77. The minimum atomic E-state index is -0.249. The van der Waals surface area contributed by atoms with Gasteiger partial charge in [-0.15, -0.1) is 11.3 Å². The van der Waals surface area contributed by atoms with Gasteiger partial charge in [0.15, 0.2) is 0 Å². The van der Waals surface area contributed by atoms with E-state index in [-0.39, 0.29) is 18.3 Å². The first-order chi connectivity index (χ1) is 13.4. The van der Waals surface area contributed by atoms with E-state index in [4.69, 9.17) is 4.74 Å². The Bertz CT molecular complexity index is 1020. The molecule has 0 radical (unpaired) electrons. The van der Waals surface area contributed by atoms with Crippen LogP contribution in [-0.2, 0) is 35.8 Å². The van der Waals surface area contributed by atoms with Gasteiger partial charge < -0.3 is 9.64 Å². The maximum atomic E-state index is 13.6. The molecule has 0 aliphatic carbocycles. The van der Waals surface area contributed by atoms with Gasteiger partial charge in [-0.1, -0.05) is 0 Å². The lowest BCUT2D eigenvalue weighted by Crippen LogP contribution is -2.30. The van der Waals surface area contributed by atoms with Crippen LogP contribution in [0.1, 0.15) is 26.8 Å². The third kappa shape index (κ3) is 3.57. The average Bonchev–Trinajstić information content (AvgIpc) is 3.31. The first-order valence-electron chi connectivity index (χ1n) is 8.99. The van der Waals surface area contributed by atoms with E-state index >= 15 is 0 Å². The minimum absolute atomic E-state index is 0.00913. The van der Waals surface area contributed by atoms with Crippen molar-refractivity contribution < 1.29 is 13.9 Å². The van der Waals surface area contributed by atoms with Gasteiger partial charge in [0, 0.05) is 17.6 Å². The van der Waals surface area contributed by atoms with Crippen LogP contribution in [0.15, 0.2) is 24.3 Å². The molecule has 6 nitrogen and oxygen atoms in total. The molecule has 1 aliphatic heterocycles. The fraction of sp³-hybridized carbons (Fsp3) is 0.350. The fourth-order valence-electron chi connectivity index (χ4n) is 3.38. The number of ether oxygens (including phenoxy) is 1. The lowest BCUT2D eigenvalue weighted by Gasteiger charge is -2.16. The summed E-state index contributed by atoms with van der Waals surface area (Å²) in [5, 5.41) is 5.62. The molecular formula is C20H21FN4O2S. The summed E-state index contributed by atoms with van der Waals surface area (Å²) in [6.07, 6.45) is 0. The van der Waals surface area contributed by atoms with Crippen LogP contribution in [0.25, 0.3) is 11.3 Å². The van der Waals surface area contributed by atoms with Crippen LogP contribution in [0.3, 0.4) is 0 Å². The summed E-state index contributed by atoms with van der Waals surface area (Å²) in [4.78, 5) is 20.3. The van der Waals surface area contributed by atoms with Crippen molar-refractivity contribution in [1.29, 1.82) is 0 Å². The first kappa shape index (κ1) is 18.8. The maximum absolute atomic E-state index is 13.6. The third-order valence-corrected chi connectivity index (χ3v) is 5.81. The van der Waals surface area contributed by atoms with E-state index in [9.17, 15) is 9.18 Å². The lowest BCUT2D eigenvalue weighted by atomic mass is 10.1. The minimum Gasteiger partial charge on any atom is -0.378 e. The largest absolute Gasteiger partial charge is 0.378 e. The molecule has 1 aliphatic rings. The highest BCUT2D eigenvalue weighted by Gasteiger charge is 2.27. The van der Waals surface area contributed by atoms with Gasteiger partial charge in [-0.2, -0.15) is 5.10 Å². The number of hydrogen-bond donors (Lipinski definition) is 0. The molecule has 3 aromatic rings. The second-order valence-corrected chi connectivity index (χ2v) is 8.22. The van der Waals surface area contributed by atoms with Gasteiger partial charge >= 0.3 is 0 Å². The van der Waals surface area contributed by atoms with Crippen LogP contribution in [0.5, 0.6) is 0 Å². The van der Waals surface area contributed by atoms with Crippen LogP contribution in [0, 0.1) is 19.7 Å². The zero-order valence-electron chi connectivity index (χ0n) is 16.0. The number of benzene rings is 1. The summed E-state index contributed by atoms with van der Waals surface area (Å²) in [5.74, 6) is -0.258. The van der Waals surface area contributed by atoms with Gasteiger partial charge in [0.25, 0.3) is 0 Å². The summed E-state index contributed by atoms with van der Waals surface area (Å²) in [6.45, 7) is 5.32. The Morgan fingerprint density at radius 1 is 1.29 bits per heavy atom. The van der Waals surface area contributed by atoms with Crippen LogP contribution >= 0.6 is 11.3 Å². The molecule has 1 amide bonds. The number of aromatic nitrogens is 3. The predicted octanol–water partition coefficient (Wildman–Crippen LogP) is 3.45. The zero-order chi connectivity index (χ0) is 19.8. The van der Waals surface area contributed by atoms with Crippen molar-refractivity contribution in [3.05, 3.63) is 56.9 Å². The van der Waals surface area contributed by atoms with Crippen molar-refractivity contribution in [3.63, 3.8) is 0 Å². The molecular weight excluding hydrogens is 379 g/mol. The van der Waals surface area contributed by atoms with Gasteiger partial charge in [0.2, 0.25) is 5.91 Å². The molecule has 0 saturated heterocycles. The molecule has 0 unspecified atom stereocenters. The number of aryl methyl sites for hydroxylation is 2. The first-order valence-corrected chi connectivity index (χ1v) is 9.81. The molecule has 3 heterocycles. The van der Waals surface area contributed by atoms with Crippen LogP contribution in [0.2, 0.25) is 0 Å². The van der Waals surface area contributed by atoms with Gasteiger partial charge in [-0.3, -0.25) is 9.48 Å². The monoisotopic (exact) mass is 400 g/mol. The van der Waals surface area contributed by atoms with Crippen molar-refractivity contribution in [2.24, 2.45) is 0 Å². The number of hydrogen-bond acceptors (Lipinski definition) is 5. The van der Waals surface area contributed by atoms with Crippen LogP contribution in [-0.4, -0.2) is 32.7 Å². The number of halogens is 1. The van der Waals surface area contributed by atoms with Gasteiger partial charge in [0.1, 0.15) is 12.4 Å². The van der Waals surface area contributed by atoms with Crippen molar-refractivity contribution in [2.75, 3.05) is 7.11 Å². The van der Waals surface area contributed by atoms with E-state index in [1.165, 1.54) is 6.07 Å².